The summed E-state index contributed by atoms with van der Waals surface area (Å²) in [6, 6.07) is -0.0529. The van der Waals surface area contributed by atoms with E-state index >= 15 is 0 Å². The van der Waals surface area contributed by atoms with Gasteiger partial charge >= 0.3 is 5.69 Å². The summed E-state index contributed by atoms with van der Waals surface area (Å²) in [6.07, 6.45) is 0. The van der Waals surface area contributed by atoms with Crippen LogP contribution in [0.25, 0.3) is 11.2 Å². The SMILES string of the molecule is CCn1c(=O)c2c(nc(C(C)C)n2C(C)CN)n(C)c1=O. The molecule has 21 heavy (non-hydrogen) atoms. The van der Waals surface area contributed by atoms with Crippen LogP contribution in [0.4, 0.5) is 0 Å². The Labute approximate surface area is 123 Å². The topological polar surface area (TPSA) is 87.8 Å². The van der Waals surface area contributed by atoms with E-state index in [2.05, 4.69) is 4.98 Å². The molecule has 0 amide bonds. The minimum Gasteiger partial charge on any atom is -0.328 e. The summed E-state index contributed by atoms with van der Waals surface area (Å²) in [5.41, 5.74) is 6.04. The first-order valence-electron chi connectivity index (χ1n) is 7.26. The van der Waals surface area contributed by atoms with Crippen LogP contribution in [0.1, 0.15) is 45.5 Å². The minimum absolute atomic E-state index is 0.0529. The predicted octanol–water partition coefficient (Wildman–Crippen LogP) is 0.560. The van der Waals surface area contributed by atoms with Gasteiger partial charge in [-0.3, -0.25) is 13.9 Å². The van der Waals surface area contributed by atoms with Crippen LogP contribution in [0.2, 0.25) is 0 Å². The van der Waals surface area contributed by atoms with Crippen LogP contribution in [0.15, 0.2) is 9.59 Å². The second kappa shape index (κ2) is 5.48. The molecule has 2 N–H and O–H groups in total. The van der Waals surface area contributed by atoms with Gasteiger partial charge in [0.15, 0.2) is 11.2 Å². The molecule has 1 unspecified atom stereocenters. The number of hydrogen-bond donors (Lipinski definition) is 1. The average molecular weight is 293 g/mol. The van der Waals surface area contributed by atoms with Gasteiger partial charge in [0.1, 0.15) is 5.82 Å². The number of imidazole rings is 1. The highest BCUT2D eigenvalue weighted by atomic mass is 16.2. The summed E-state index contributed by atoms with van der Waals surface area (Å²) in [5, 5.41) is 0. The first kappa shape index (κ1) is 15.5. The maximum atomic E-state index is 12.7. The molecule has 0 aliphatic heterocycles. The van der Waals surface area contributed by atoms with Crippen molar-refractivity contribution in [1.29, 1.82) is 0 Å². The monoisotopic (exact) mass is 293 g/mol. The summed E-state index contributed by atoms with van der Waals surface area (Å²) in [5.74, 6) is 0.917. The Balaban J connectivity index is 3.05. The van der Waals surface area contributed by atoms with Crippen LogP contribution in [-0.2, 0) is 13.6 Å². The number of nitrogens with two attached hydrogens (primary N) is 1. The molecule has 0 saturated carbocycles. The van der Waals surface area contributed by atoms with Crippen molar-refractivity contribution in [1.82, 2.24) is 18.7 Å². The van der Waals surface area contributed by atoms with Crippen LogP contribution in [-0.4, -0.2) is 25.2 Å². The van der Waals surface area contributed by atoms with Gasteiger partial charge in [-0.1, -0.05) is 13.8 Å². The van der Waals surface area contributed by atoms with E-state index in [9.17, 15) is 9.59 Å². The highest BCUT2D eigenvalue weighted by Gasteiger charge is 2.23. The zero-order valence-corrected chi connectivity index (χ0v) is 13.3. The molecule has 0 saturated heterocycles. The molecule has 1 atom stereocenters. The third-order valence-electron chi connectivity index (χ3n) is 3.82. The van der Waals surface area contributed by atoms with Crippen molar-refractivity contribution in [3.63, 3.8) is 0 Å². The fraction of sp³-hybridized carbons (Fsp3) is 0.643. The Morgan fingerprint density at radius 2 is 1.86 bits per heavy atom. The minimum atomic E-state index is -0.338. The van der Waals surface area contributed by atoms with Gasteiger partial charge in [-0.05, 0) is 13.8 Å². The van der Waals surface area contributed by atoms with Gasteiger partial charge in [-0.15, -0.1) is 0 Å². The van der Waals surface area contributed by atoms with Crippen molar-refractivity contribution in [2.45, 2.75) is 46.2 Å². The molecule has 2 aromatic rings. The Bertz CT molecular complexity index is 781. The fourth-order valence-corrected chi connectivity index (χ4v) is 2.59. The van der Waals surface area contributed by atoms with Gasteiger partial charge < -0.3 is 10.3 Å². The molecule has 0 aromatic carbocycles. The van der Waals surface area contributed by atoms with Gasteiger partial charge in [0, 0.05) is 32.1 Å². The van der Waals surface area contributed by atoms with Gasteiger partial charge in [0.25, 0.3) is 5.56 Å². The molecular formula is C14H23N5O2. The van der Waals surface area contributed by atoms with E-state index in [-0.39, 0.29) is 23.2 Å². The molecule has 7 heteroatoms. The highest BCUT2D eigenvalue weighted by Crippen LogP contribution is 2.22. The van der Waals surface area contributed by atoms with E-state index in [4.69, 9.17) is 5.73 Å². The van der Waals surface area contributed by atoms with Crippen LogP contribution < -0.4 is 17.0 Å². The molecular weight excluding hydrogens is 270 g/mol. The van der Waals surface area contributed by atoms with Crippen molar-refractivity contribution in [2.24, 2.45) is 12.8 Å². The van der Waals surface area contributed by atoms with Gasteiger partial charge in [-0.2, -0.15) is 0 Å². The van der Waals surface area contributed by atoms with Crippen LogP contribution >= 0.6 is 0 Å². The molecule has 2 aromatic heterocycles. The average Bonchev–Trinajstić information content (AvgIpc) is 2.85. The second-order valence-electron chi connectivity index (χ2n) is 5.64. The molecule has 2 heterocycles. The largest absolute Gasteiger partial charge is 0.332 e. The molecule has 0 bridgehead atoms. The second-order valence-corrected chi connectivity index (χ2v) is 5.64. The lowest BCUT2D eigenvalue weighted by atomic mass is 10.2. The maximum Gasteiger partial charge on any atom is 0.332 e. The van der Waals surface area contributed by atoms with Crippen molar-refractivity contribution >= 4 is 11.2 Å². The van der Waals surface area contributed by atoms with Crippen LogP contribution in [0.3, 0.4) is 0 Å². The quantitative estimate of drug-likeness (QED) is 0.892. The van der Waals surface area contributed by atoms with Gasteiger partial charge in [0.05, 0.1) is 0 Å². The molecule has 0 aliphatic carbocycles. The third kappa shape index (κ3) is 2.21. The van der Waals surface area contributed by atoms with Crippen molar-refractivity contribution in [3.05, 3.63) is 26.7 Å². The van der Waals surface area contributed by atoms with Gasteiger partial charge in [-0.25, -0.2) is 9.78 Å². The lowest BCUT2D eigenvalue weighted by Crippen LogP contribution is -2.39. The Morgan fingerprint density at radius 1 is 1.24 bits per heavy atom. The van der Waals surface area contributed by atoms with E-state index in [1.54, 1.807) is 14.0 Å². The number of fused-ring (bicyclic) bond motifs is 1. The molecule has 2 rings (SSSR count). The number of hydrogen-bond acceptors (Lipinski definition) is 4. The van der Waals surface area contributed by atoms with Crippen molar-refractivity contribution in [3.8, 4) is 0 Å². The summed E-state index contributed by atoms with van der Waals surface area (Å²) in [6.45, 7) is 8.49. The number of aryl methyl sites for hydroxylation is 1. The van der Waals surface area contributed by atoms with E-state index in [0.29, 0.717) is 24.3 Å². The Morgan fingerprint density at radius 3 is 2.33 bits per heavy atom. The number of nitrogens with zero attached hydrogens (tertiary/aromatic N) is 4. The Hall–Kier alpha value is -1.89. The van der Waals surface area contributed by atoms with Crippen LogP contribution in [0.5, 0.6) is 0 Å². The molecule has 0 aliphatic rings. The summed E-state index contributed by atoms with van der Waals surface area (Å²) in [7, 11) is 1.64. The maximum absolute atomic E-state index is 12.7. The molecule has 0 spiro atoms. The summed E-state index contributed by atoms with van der Waals surface area (Å²) < 4.78 is 4.55. The number of rotatable bonds is 4. The fourth-order valence-electron chi connectivity index (χ4n) is 2.59. The summed E-state index contributed by atoms with van der Waals surface area (Å²) >= 11 is 0. The first-order chi connectivity index (χ1) is 9.84. The number of aromatic nitrogens is 4. The van der Waals surface area contributed by atoms with Gasteiger partial charge in [0.2, 0.25) is 0 Å². The van der Waals surface area contributed by atoms with E-state index < -0.39 is 0 Å². The smallest absolute Gasteiger partial charge is 0.328 e. The van der Waals surface area contributed by atoms with E-state index in [0.717, 1.165) is 5.82 Å². The predicted molar refractivity (Wildman–Crippen MR) is 82.8 cm³/mol. The standard InChI is InChI=1S/C14H23N5O2/c1-6-18-13(20)10-12(17(5)14(18)21)16-11(8(2)3)19(10)9(4)7-15/h8-9H,6-7,15H2,1-5H3. The first-order valence-corrected chi connectivity index (χ1v) is 7.26. The lowest BCUT2D eigenvalue weighted by molar-refractivity contribution is 0.529. The van der Waals surface area contributed by atoms with Crippen LogP contribution in [0, 0.1) is 0 Å². The van der Waals surface area contributed by atoms with E-state index in [1.807, 2.05) is 25.3 Å². The molecule has 0 fully saturated rings. The van der Waals surface area contributed by atoms with Crippen molar-refractivity contribution in [2.75, 3.05) is 6.54 Å². The molecule has 7 nitrogen and oxygen atoms in total. The molecule has 0 radical (unpaired) electrons. The zero-order chi connectivity index (χ0) is 15.9. The molecule has 116 valence electrons. The zero-order valence-electron chi connectivity index (χ0n) is 13.3. The lowest BCUT2D eigenvalue weighted by Gasteiger charge is -2.17. The third-order valence-corrected chi connectivity index (χ3v) is 3.82. The summed E-state index contributed by atoms with van der Waals surface area (Å²) in [4.78, 5) is 29.4. The Kier molecular flexibility index (Phi) is 4.04. The highest BCUT2D eigenvalue weighted by molar-refractivity contribution is 5.71. The normalized spacial score (nSPS) is 13.3. The van der Waals surface area contributed by atoms with E-state index in [1.165, 1.54) is 9.13 Å². The van der Waals surface area contributed by atoms with Crippen molar-refractivity contribution < 1.29 is 0 Å².